The van der Waals surface area contributed by atoms with Gasteiger partial charge in [0.05, 0.1) is 0 Å². The van der Waals surface area contributed by atoms with Gasteiger partial charge in [-0.15, -0.1) is 24.0 Å². The predicted molar refractivity (Wildman–Crippen MR) is 111 cm³/mol. The Hall–Kier alpha value is -0.530. The molecule has 0 fully saturated rings. The lowest BCUT2D eigenvalue weighted by molar-refractivity contribution is -0.121. The van der Waals surface area contributed by atoms with E-state index in [0.717, 1.165) is 19.4 Å². The first-order chi connectivity index (χ1) is 9.93. The Kier molecular flexibility index (Phi) is 11.9. The molecule has 23 heavy (non-hydrogen) atoms. The van der Waals surface area contributed by atoms with Crippen LogP contribution in [0, 0.1) is 5.41 Å². The molecule has 0 saturated carbocycles. The molecule has 1 amide bonds. The Bertz CT molecular complexity index is 370. The fourth-order valence-electron chi connectivity index (χ4n) is 1.88. The second-order valence-corrected chi connectivity index (χ2v) is 8.14. The van der Waals surface area contributed by atoms with Gasteiger partial charge in [-0.05, 0) is 52.9 Å². The number of nitrogens with one attached hydrogen (secondary N) is 3. The van der Waals surface area contributed by atoms with Crippen LogP contribution in [-0.2, 0) is 4.79 Å². The van der Waals surface area contributed by atoms with Gasteiger partial charge in [-0.2, -0.15) is 0 Å². The SMILES string of the molecule is CCNC(=NCC(=O)NC(C)(C)C)NC(C)CCC(C)(C)C.I. The molecule has 0 heterocycles. The molecule has 0 rings (SSSR count). The topological polar surface area (TPSA) is 65.5 Å². The van der Waals surface area contributed by atoms with Crippen molar-refractivity contribution in [3.63, 3.8) is 0 Å². The molecule has 0 aliphatic carbocycles. The van der Waals surface area contributed by atoms with Crippen molar-refractivity contribution < 1.29 is 4.79 Å². The average Bonchev–Trinajstić information content (AvgIpc) is 2.31. The Morgan fingerprint density at radius 2 is 1.70 bits per heavy atom. The number of amides is 1. The fourth-order valence-corrected chi connectivity index (χ4v) is 1.88. The molecule has 0 aliphatic heterocycles. The molecule has 0 aromatic carbocycles. The van der Waals surface area contributed by atoms with Crippen molar-refractivity contribution in [2.45, 2.75) is 79.8 Å². The molecule has 6 heteroatoms. The highest BCUT2D eigenvalue weighted by molar-refractivity contribution is 14.0. The normalized spacial score (nSPS) is 13.8. The summed E-state index contributed by atoms with van der Waals surface area (Å²) in [6, 6.07) is 0.322. The summed E-state index contributed by atoms with van der Waals surface area (Å²) in [7, 11) is 0. The molecule has 3 N–H and O–H groups in total. The van der Waals surface area contributed by atoms with Gasteiger partial charge in [0, 0.05) is 18.1 Å². The van der Waals surface area contributed by atoms with Crippen molar-refractivity contribution in [3.05, 3.63) is 0 Å². The van der Waals surface area contributed by atoms with Crippen molar-refractivity contribution in [2.75, 3.05) is 13.1 Å². The van der Waals surface area contributed by atoms with Crippen LogP contribution in [0.5, 0.6) is 0 Å². The van der Waals surface area contributed by atoms with E-state index in [4.69, 9.17) is 0 Å². The Morgan fingerprint density at radius 1 is 1.13 bits per heavy atom. The third kappa shape index (κ3) is 16.1. The second kappa shape index (κ2) is 11.1. The summed E-state index contributed by atoms with van der Waals surface area (Å²) in [4.78, 5) is 16.2. The van der Waals surface area contributed by atoms with E-state index in [2.05, 4.69) is 48.6 Å². The number of carbonyl (C=O) groups excluding carboxylic acids is 1. The van der Waals surface area contributed by atoms with Crippen molar-refractivity contribution in [3.8, 4) is 0 Å². The van der Waals surface area contributed by atoms with Crippen LogP contribution in [0.4, 0.5) is 0 Å². The lowest BCUT2D eigenvalue weighted by atomic mass is 9.89. The molecular weight excluding hydrogens is 403 g/mol. The van der Waals surface area contributed by atoms with Gasteiger partial charge in [0.25, 0.3) is 0 Å². The molecule has 1 unspecified atom stereocenters. The summed E-state index contributed by atoms with van der Waals surface area (Å²) in [6.07, 6.45) is 2.22. The highest BCUT2D eigenvalue weighted by Gasteiger charge is 2.15. The molecule has 0 aromatic heterocycles. The molecular formula is C17H37IN4O. The van der Waals surface area contributed by atoms with Crippen molar-refractivity contribution in [2.24, 2.45) is 10.4 Å². The third-order valence-electron chi connectivity index (χ3n) is 2.95. The number of nitrogens with zero attached hydrogens (tertiary/aromatic N) is 1. The molecule has 0 spiro atoms. The zero-order valence-corrected chi connectivity index (χ0v) is 18.5. The lowest BCUT2D eigenvalue weighted by Crippen LogP contribution is -2.45. The first-order valence-corrected chi connectivity index (χ1v) is 8.29. The zero-order valence-electron chi connectivity index (χ0n) is 16.2. The molecule has 1 atom stereocenters. The summed E-state index contributed by atoms with van der Waals surface area (Å²) < 4.78 is 0. The largest absolute Gasteiger partial charge is 0.357 e. The van der Waals surface area contributed by atoms with Crippen LogP contribution < -0.4 is 16.0 Å². The van der Waals surface area contributed by atoms with Crippen LogP contribution in [0.2, 0.25) is 0 Å². The minimum Gasteiger partial charge on any atom is -0.357 e. The first-order valence-electron chi connectivity index (χ1n) is 8.29. The number of halogens is 1. The van der Waals surface area contributed by atoms with Gasteiger partial charge < -0.3 is 16.0 Å². The van der Waals surface area contributed by atoms with E-state index in [-0.39, 0.29) is 42.0 Å². The van der Waals surface area contributed by atoms with E-state index >= 15 is 0 Å². The van der Waals surface area contributed by atoms with E-state index < -0.39 is 0 Å². The smallest absolute Gasteiger partial charge is 0.242 e. The monoisotopic (exact) mass is 440 g/mol. The number of guanidine groups is 1. The molecule has 0 bridgehead atoms. The highest BCUT2D eigenvalue weighted by Crippen LogP contribution is 2.21. The second-order valence-electron chi connectivity index (χ2n) is 8.14. The van der Waals surface area contributed by atoms with Gasteiger partial charge in [0.15, 0.2) is 5.96 Å². The molecule has 5 nitrogen and oxygen atoms in total. The van der Waals surface area contributed by atoms with Crippen molar-refractivity contribution >= 4 is 35.8 Å². The van der Waals surface area contributed by atoms with E-state index in [0.29, 0.717) is 17.4 Å². The Labute approximate surface area is 159 Å². The standard InChI is InChI=1S/C17H36N4O.HI/c1-9-18-15(19-12-14(22)21-17(6,7)8)20-13(2)10-11-16(3,4)5;/h13H,9-12H2,1-8H3,(H,21,22)(H2,18,19,20);1H. The lowest BCUT2D eigenvalue weighted by Gasteiger charge is -2.23. The number of carbonyl (C=O) groups is 1. The van der Waals surface area contributed by atoms with Gasteiger partial charge in [0.1, 0.15) is 6.54 Å². The van der Waals surface area contributed by atoms with Crippen molar-refractivity contribution in [1.29, 1.82) is 0 Å². The van der Waals surface area contributed by atoms with Gasteiger partial charge in [-0.25, -0.2) is 4.99 Å². The predicted octanol–water partition coefficient (Wildman–Crippen LogP) is 3.29. The average molecular weight is 440 g/mol. The zero-order chi connectivity index (χ0) is 17.4. The molecule has 0 saturated heterocycles. The van der Waals surface area contributed by atoms with E-state index in [1.54, 1.807) is 0 Å². The third-order valence-corrected chi connectivity index (χ3v) is 2.95. The number of hydrogen-bond acceptors (Lipinski definition) is 2. The fraction of sp³-hybridized carbons (Fsp3) is 0.882. The van der Waals surface area contributed by atoms with Crippen LogP contribution in [-0.4, -0.2) is 36.5 Å². The minimum absolute atomic E-state index is 0. The van der Waals surface area contributed by atoms with Crippen LogP contribution in [0.3, 0.4) is 0 Å². The Balaban J connectivity index is 0. The van der Waals surface area contributed by atoms with Crippen LogP contribution in [0.25, 0.3) is 0 Å². The Morgan fingerprint density at radius 3 is 2.13 bits per heavy atom. The molecule has 138 valence electrons. The summed E-state index contributed by atoms with van der Waals surface area (Å²) in [6.45, 7) is 17.7. The van der Waals surface area contributed by atoms with Gasteiger partial charge in [-0.1, -0.05) is 20.8 Å². The minimum atomic E-state index is -0.224. The maximum Gasteiger partial charge on any atom is 0.242 e. The van der Waals surface area contributed by atoms with E-state index in [9.17, 15) is 4.79 Å². The van der Waals surface area contributed by atoms with Gasteiger partial charge in [0.2, 0.25) is 5.91 Å². The van der Waals surface area contributed by atoms with Crippen LogP contribution in [0.15, 0.2) is 4.99 Å². The molecule has 0 radical (unpaired) electrons. The molecule has 0 aromatic rings. The summed E-state index contributed by atoms with van der Waals surface area (Å²) in [5.41, 5.74) is 0.108. The van der Waals surface area contributed by atoms with E-state index in [1.807, 2.05) is 27.7 Å². The quantitative estimate of drug-likeness (QED) is 0.338. The van der Waals surface area contributed by atoms with Crippen LogP contribution >= 0.6 is 24.0 Å². The summed E-state index contributed by atoms with van der Waals surface area (Å²) in [5.74, 6) is 0.639. The first kappa shape index (κ1) is 24.7. The number of hydrogen-bond donors (Lipinski definition) is 3. The number of aliphatic imine (C=N–C) groups is 1. The number of rotatable bonds is 6. The van der Waals surface area contributed by atoms with Crippen LogP contribution in [0.1, 0.15) is 68.2 Å². The van der Waals surface area contributed by atoms with Gasteiger partial charge >= 0.3 is 0 Å². The van der Waals surface area contributed by atoms with Crippen molar-refractivity contribution in [1.82, 2.24) is 16.0 Å². The summed E-state index contributed by atoms with van der Waals surface area (Å²) >= 11 is 0. The maximum absolute atomic E-state index is 11.8. The molecule has 0 aliphatic rings. The highest BCUT2D eigenvalue weighted by atomic mass is 127. The van der Waals surface area contributed by atoms with Gasteiger partial charge in [-0.3, -0.25) is 4.79 Å². The summed E-state index contributed by atoms with van der Waals surface area (Å²) in [5, 5.41) is 9.47. The van der Waals surface area contributed by atoms with E-state index in [1.165, 1.54) is 0 Å². The maximum atomic E-state index is 11.8.